The highest BCUT2D eigenvalue weighted by Crippen LogP contribution is 2.48. The zero-order chi connectivity index (χ0) is 33.0. The molecule has 6 rings (SSSR count). The third-order valence-electron chi connectivity index (χ3n) is 8.41. The van der Waals surface area contributed by atoms with Crippen LogP contribution in [0.25, 0.3) is 11.0 Å². The minimum Gasteiger partial charge on any atom is -0.394 e. The maximum absolute atomic E-state index is 13.9. The van der Waals surface area contributed by atoms with Gasteiger partial charge in [0, 0.05) is 37.6 Å². The largest absolute Gasteiger partial charge is 0.394 e. The van der Waals surface area contributed by atoms with Crippen molar-refractivity contribution in [2.24, 2.45) is 0 Å². The number of hydrogen-bond donors (Lipinski definition) is 3. The summed E-state index contributed by atoms with van der Waals surface area (Å²) in [5, 5.41) is 35.1. The summed E-state index contributed by atoms with van der Waals surface area (Å²) in [6.07, 6.45) is 5.29. The van der Waals surface area contributed by atoms with Gasteiger partial charge >= 0.3 is 0 Å². The number of carbonyl (C=O) groups excluding carboxylic acids is 1. The average molecular weight is 674 g/mol. The summed E-state index contributed by atoms with van der Waals surface area (Å²) in [4.78, 5) is 30.6. The second-order valence-electron chi connectivity index (χ2n) is 11.3. The normalized spacial score (nSPS) is 23.1. The highest BCUT2D eigenvalue weighted by atomic mass is 35.5. The minimum absolute atomic E-state index is 0.0569. The van der Waals surface area contributed by atoms with Gasteiger partial charge in [0.25, 0.3) is 0 Å². The molecule has 47 heavy (non-hydrogen) atoms. The van der Waals surface area contributed by atoms with Gasteiger partial charge in [-0.3, -0.25) is 9.78 Å². The van der Waals surface area contributed by atoms with Crippen LogP contribution in [-0.4, -0.2) is 143 Å². The third kappa shape index (κ3) is 6.51. The first-order chi connectivity index (χ1) is 22.9. The van der Waals surface area contributed by atoms with Crippen LogP contribution in [0.5, 0.6) is 0 Å². The van der Waals surface area contributed by atoms with Crippen LogP contribution in [0.4, 0.5) is 11.5 Å². The molecule has 0 aromatic carbocycles. The Hall–Kier alpha value is -3.50. The zero-order valence-corrected chi connectivity index (χ0v) is 26.2. The molecule has 0 aliphatic carbocycles. The van der Waals surface area contributed by atoms with Gasteiger partial charge in [-0.15, -0.1) is 6.42 Å². The van der Waals surface area contributed by atoms with E-state index in [1.165, 1.54) is 10.9 Å². The van der Waals surface area contributed by atoms with Crippen LogP contribution < -0.4 is 9.80 Å². The fourth-order valence-electron chi connectivity index (χ4n) is 6.10. The van der Waals surface area contributed by atoms with E-state index in [0.717, 1.165) is 11.3 Å². The Bertz CT molecular complexity index is 1600. The third-order valence-corrected chi connectivity index (χ3v) is 8.57. The van der Waals surface area contributed by atoms with Crippen LogP contribution in [0.3, 0.4) is 0 Å². The topological polar surface area (TPSA) is 187 Å². The predicted octanol–water partition coefficient (Wildman–Crippen LogP) is -0.710. The minimum atomic E-state index is -1.35. The van der Waals surface area contributed by atoms with Crippen molar-refractivity contribution >= 4 is 40.0 Å². The van der Waals surface area contributed by atoms with E-state index in [1.807, 2.05) is 11.0 Å². The molecule has 0 saturated carbocycles. The first-order valence-corrected chi connectivity index (χ1v) is 15.6. The molecule has 0 radical (unpaired) electrons. The van der Waals surface area contributed by atoms with Crippen molar-refractivity contribution in [1.82, 2.24) is 24.7 Å². The molecule has 6 heterocycles. The van der Waals surface area contributed by atoms with Gasteiger partial charge in [0.15, 0.2) is 11.9 Å². The number of ether oxygens (including phenoxy) is 5. The average Bonchev–Trinajstić information content (AvgIpc) is 3.68. The van der Waals surface area contributed by atoms with Crippen LogP contribution >= 0.6 is 11.6 Å². The molecule has 2 fully saturated rings. The second kappa shape index (κ2) is 14.7. The Morgan fingerprint density at radius 3 is 2.40 bits per heavy atom. The van der Waals surface area contributed by atoms with Crippen molar-refractivity contribution < 1.29 is 43.8 Å². The predicted molar refractivity (Wildman–Crippen MR) is 166 cm³/mol. The summed E-state index contributed by atoms with van der Waals surface area (Å²) >= 11 is 6.33. The van der Waals surface area contributed by atoms with Gasteiger partial charge in [-0.1, -0.05) is 5.92 Å². The summed E-state index contributed by atoms with van der Waals surface area (Å²) in [5.74, 6) is 2.80. The number of hydrogen-bond acceptors (Lipinski definition) is 14. The number of fused-ring (bicyclic) bond motifs is 3. The van der Waals surface area contributed by atoms with E-state index in [4.69, 9.17) is 41.7 Å². The Balaban J connectivity index is 1.05. The summed E-state index contributed by atoms with van der Waals surface area (Å²) < 4.78 is 28.8. The van der Waals surface area contributed by atoms with Crippen molar-refractivity contribution in [3.05, 3.63) is 35.5 Å². The van der Waals surface area contributed by atoms with Gasteiger partial charge in [0.2, 0.25) is 11.2 Å². The number of carbonyl (C=O) groups is 1. The fourth-order valence-corrected chi connectivity index (χ4v) is 6.26. The molecule has 252 valence electrons. The van der Waals surface area contributed by atoms with Crippen LogP contribution in [0.2, 0.25) is 5.28 Å². The van der Waals surface area contributed by atoms with E-state index in [1.54, 1.807) is 17.3 Å². The van der Waals surface area contributed by atoms with Crippen LogP contribution in [0.15, 0.2) is 24.7 Å². The molecule has 1 amide bonds. The number of anilines is 2. The first-order valence-electron chi connectivity index (χ1n) is 15.2. The van der Waals surface area contributed by atoms with Gasteiger partial charge in [0.05, 0.1) is 70.1 Å². The van der Waals surface area contributed by atoms with Crippen molar-refractivity contribution in [2.75, 3.05) is 88.9 Å². The van der Waals surface area contributed by atoms with Crippen molar-refractivity contribution in [3.63, 3.8) is 0 Å². The molecule has 1 spiro atoms. The molecule has 17 heteroatoms. The number of halogens is 1. The molecule has 3 aliphatic rings. The molecule has 2 saturated heterocycles. The van der Waals surface area contributed by atoms with Crippen LogP contribution in [0.1, 0.15) is 11.8 Å². The smallest absolute Gasteiger partial charge is 0.241 e. The number of terminal acetylenes is 1. The molecule has 3 aromatic rings. The van der Waals surface area contributed by atoms with Gasteiger partial charge < -0.3 is 48.8 Å². The van der Waals surface area contributed by atoms with E-state index in [-0.39, 0.29) is 23.4 Å². The Kier molecular flexibility index (Phi) is 10.5. The lowest BCUT2D eigenvalue weighted by Crippen LogP contribution is -2.64. The summed E-state index contributed by atoms with van der Waals surface area (Å²) in [6, 6.07) is 1.83. The van der Waals surface area contributed by atoms with E-state index >= 15 is 0 Å². The molecule has 3 N–H and O–H groups in total. The first kappa shape index (κ1) is 33.4. The maximum Gasteiger partial charge on any atom is 0.241 e. The monoisotopic (exact) mass is 673 g/mol. The molecular weight excluding hydrogens is 638 g/mol. The quantitative estimate of drug-likeness (QED) is 0.0983. The Morgan fingerprint density at radius 1 is 1.02 bits per heavy atom. The van der Waals surface area contributed by atoms with E-state index in [2.05, 4.69) is 26.0 Å². The van der Waals surface area contributed by atoms with E-state index < -0.39 is 36.6 Å². The lowest BCUT2D eigenvalue weighted by molar-refractivity contribution is -0.124. The van der Waals surface area contributed by atoms with Crippen LogP contribution in [0, 0.1) is 12.3 Å². The van der Waals surface area contributed by atoms with Crippen molar-refractivity contribution in [1.29, 1.82) is 0 Å². The van der Waals surface area contributed by atoms with Crippen molar-refractivity contribution in [3.8, 4) is 12.3 Å². The molecule has 3 aromatic heterocycles. The van der Waals surface area contributed by atoms with Gasteiger partial charge in [0.1, 0.15) is 36.2 Å². The number of aliphatic hydroxyl groups excluding tert-OH is 3. The van der Waals surface area contributed by atoms with Gasteiger partial charge in [-0.05, 0) is 17.7 Å². The van der Waals surface area contributed by atoms with Crippen LogP contribution in [-0.2, 0) is 33.9 Å². The highest BCUT2D eigenvalue weighted by molar-refractivity contribution is 6.28. The fraction of sp³-hybridized carbons (Fsp3) is 0.567. The maximum atomic E-state index is 13.9. The summed E-state index contributed by atoms with van der Waals surface area (Å²) in [7, 11) is 0. The number of nitrogens with zero attached hydrogens (tertiary/aromatic N) is 7. The number of rotatable bonds is 16. The summed E-state index contributed by atoms with van der Waals surface area (Å²) in [6.45, 7) is 3.62. The number of pyridine rings is 1. The molecule has 4 atom stereocenters. The van der Waals surface area contributed by atoms with E-state index in [9.17, 15) is 20.1 Å². The van der Waals surface area contributed by atoms with Crippen molar-refractivity contribution in [2.45, 2.75) is 30.0 Å². The lowest BCUT2D eigenvalue weighted by atomic mass is 9.75. The standard InChI is InChI=1S/C30H36ClN7O9/c1-2-6-43-8-10-45-12-13-46-11-9-44-7-5-37-21-3-4-32-15-20(21)30(28(37)42)17-36(18-30)25-19-14-33-38(26(19)35-29(31)34-25)27-24(41)23(40)22(16-39)47-27/h1,3-4,14-15,22-24,27,39-41H,5-13,16-18H2/t22-,23-,24-,27-/m1/s1. The molecule has 0 unspecified atom stereocenters. The SMILES string of the molecule is C#CCOCCOCCOCCOCCN1C(=O)C2(CN(c3nc(Cl)nc4c3cnn4[C@@H]3O[C@H](CO)[C@@H](O)[C@H]3O)C2)c2cnccc21. The van der Waals surface area contributed by atoms with E-state index in [0.29, 0.717) is 77.1 Å². The molecule has 16 nitrogen and oxygen atoms in total. The Morgan fingerprint density at radius 2 is 1.72 bits per heavy atom. The molecule has 3 aliphatic heterocycles. The highest BCUT2D eigenvalue weighted by Gasteiger charge is 2.59. The molecule has 0 bridgehead atoms. The van der Waals surface area contributed by atoms with Gasteiger partial charge in [-0.25, -0.2) is 4.68 Å². The Labute approximate surface area is 275 Å². The number of aromatic nitrogens is 5. The molecular formula is C30H36ClN7O9. The van der Waals surface area contributed by atoms with Gasteiger partial charge in [-0.2, -0.15) is 15.1 Å². The second-order valence-corrected chi connectivity index (χ2v) is 11.6. The lowest BCUT2D eigenvalue weighted by Gasteiger charge is -2.47. The summed E-state index contributed by atoms with van der Waals surface area (Å²) in [5.41, 5.74) is 1.06. The number of aliphatic hydroxyl groups is 3. The number of amides is 1. The zero-order valence-electron chi connectivity index (χ0n) is 25.5.